The maximum absolute atomic E-state index is 9.39. The van der Waals surface area contributed by atoms with E-state index >= 15 is 0 Å². The molecule has 1 aromatic heterocycles. The van der Waals surface area contributed by atoms with Crippen LogP contribution in [0.2, 0.25) is 0 Å². The summed E-state index contributed by atoms with van der Waals surface area (Å²) in [6.45, 7) is 4.69. The van der Waals surface area contributed by atoms with Gasteiger partial charge in [-0.1, -0.05) is 74.5 Å². The Kier molecular flexibility index (Phi) is 5.86. The zero-order valence-corrected chi connectivity index (χ0v) is 24.6. The van der Waals surface area contributed by atoms with Crippen molar-refractivity contribution < 1.29 is 0 Å². The Morgan fingerprint density at radius 1 is 0.568 bits per heavy atom. The fourth-order valence-corrected chi connectivity index (χ4v) is 6.84. The van der Waals surface area contributed by atoms with Gasteiger partial charge in [-0.2, -0.15) is 5.26 Å². The fraction of sp³-hybridized carbons (Fsp3) is 0.0732. The average Bonchev–Trinajstić information content (AvgIpc) is 3.32. The quantitative estimate of drug-likeness (QED) is 0.196. The molecule has 0 unspecified atom stereocenters. The van der Waals surface area contributed by atoms with Crippen LogP contribution in [-0.2, 0) is 5.41 Å². The monoisotopic (exact) mass is 563 g/mol. The molecular weight excluding hydrogens is 534 g/mol. The van der Waals surface area contributed by atoms with E-state index in [0.29, 0.717) is 5.56 Å². The minimum atomic E-state index is -0.0498. The number of hydrogen-bond donors (Lipinski definition) is 0. The second-order valence-electron chi connectivity index (χ2n) is 12.0. The highest BCUT2D eigenvalue weighted by molar-refractivity contribution is 6.15. The molecule has 0 spiro atoms. The van der Waals surface area contributed by atoms with Gasteiger partial charge in [0, 0.05) is 34.9 Å². The molecule has 0 aliphatic heterocycles. The molecule has 44 heavy (non-hydrogen) atoms. The van der Waals surface area contributed by atoms with Crippen molar-refractivity contribution in [3.05, 3.63) is 156 Å². The van der Waals surface area contributed by atoms with Crippen molar-refractivity contribution in [2.45, 2.75) is 19.3 Å². The molecule has 0 amide bonds. The van der Waals surface area contributed by atoms with Crippen molar-refractivity contribution in [3.8, 4) is 28.3 Å². The van der Waals surface area contributed by atoms with Crippen molar-refractivity contribution >= 4 is 38.6 Å². The molecule has 0 bridgehead atoms. The number of anilines is 3. The number of rotatable bonds is 5. The normalized spacial score (nSPS) is 12.9. The van der Waals surface area contributed by atoms with Crippen LogP contribution in [0.15, 0.2) is 140 Å². The van der Waals surface area contributed by atoms with Gasteiger partial charge in [0.1, 0.15) is 0 Å². The second-order valence-corrected chi connectivity index (χ2v) is 12.0. The molecule has 208 valence electrons. The van der Waals surface area contributed by atoms with Gasteiger partial charge in [0.25, 0.3) is 0 Å². The smallest absolute Gasteiger partial charge is 0.0991 e. The van der Waals surface area contributed by atoms with Gasteiger partial charge in [0.05, 0.1) is 11.6 Å². The van der Waals surface area contributed by atoms with Crippen LogP contribution in [0, 0.1) is 11.3 Å². The summed E-state index contributed by atoms with van der Waals surface area (Å²) in [7, 11) is 0. The van der Waals surface area contributed by atoms with Crippen LogP contribution < -0.4 is 4.90 Å². The molecule has 0 saturated carbocycles. The standard InChI is InChI=1S/C41H29N3/c1-41(2)37-7-3-5-30-10-11-31-23-33(24-38(41)40(31)39(30)37)29-14-20-36(21-15-29)44(34-16-8-27(25-42)9-17-34)35-18-12-28(13-19-35)32-6-4-22-43-26-32/h3-24,26H,1-2H3. The molecule has 3 nitrogen and oxygen atoms in total. The average molecular weight is 564 g/mol. The summed E-state index contributed by atoms with van der Waals surface area (Å²) in [6, 6.07) is 47.3. The number of nitriles is 1. The van der Waals surface area contributed by atoms with Gasteiger partial charge in [-0.25, -0.2) is 0 Å². The Balaban J connectivity index is 1.20. The predicted octanol–water partition coefficient (Wildman–Crippen LogP) is 10.7. The zero-order valence-electron chi connectivity index (χ0n) is 24.6. The van der Waals surface area contributed by atoms with E-state index in [1.54, 1.807) is 6.20 Å². The van der Waals surface area contributed by atoms with Crippen LogP contribution >= 0.6 is 0 Å². The lowest BCUT2D eigenvalue weighted by Gasteiger charge is -2.26. The number of nitrogens with zero attached hydrogens (tertiary/aromatic N) is 3. The van der Waals surface area contributed by atoms with Gasteiger partial charge in [0.15, 0.2) is 0 Å². The second kappa shape index (κ2) is 9.93. The highest BCUT2D eigenvalue weighted by Crippen LogP contribution is 2.50. The highest BCUT2D eigenvalue weighted by Gasteiger charge is 2.34. The van der Waals surface area contributed by atoms with Crippen LogP contribution in [0.1, 0.15) is 30.5 Å². The van der Waals surface area contributed by atoms with Gasteiger partial charge in [0.2, 0.25) is 0 Å². The lowest BCUT2D eigenvalue weighted by Crippen LogP contribution is -2.15. The molecule has 1 heterocycles. The third-order valence-corrected chi connectivity index (χ3v) is 9.14. The molecule has 6 aromatic carbocycles. The van der Waals surface area contributed by atoms with Crippen molar-refractivity contribution in [1.29, 1.82) is 5.26 Å². The Hall–Kier alpha value is -5.72. The molecular formula is C41H29N3. The SMILES string of the molecule is CC1(C)c2cccc3ccc4cc(-c5ccc(N(c6ccc(C#N)cc6)c6ccc(-c7cccnc7)cc6)cc5)cc1c4c23. The molecule has 7 aromatic rings. The summed E-state index contributed by atoms with van der Waals surface area (Å²) in [6.07, 6.45) is 3.67. The lowest BCUT2D eigenvalue weighted by atomic mass is 9.81. The fourth-order valence-electron chi connectivity index (χ4n) is 6.84. The van der Waals surface area contributed by atoms with Gasteiger partial charge in [-0.05, 0) is 122 Å². The third-order valence-electron chi connectivity index (χ3n) is 9.14. The highest BCUT2D eigenvalue weighted by atomic mass is 15.1. The van der Waals surface area contributed by atoms with Gasteiger partial charge in [-0.15, -0.1) is 0 Å². The first-order valence-electron chi connectivity index (χ1n) is 14.9. The maximum atomic E-state index is 9.39. The molecule has 3 heteroatoms. The Morgan fingerprint density at radius 3 is 1.82 bits per heavy atom. The molecule has 0 radical (unpaired) electrons. The molecule has 0 fully saturated rings. The van der Waals surface area contributed by atoms with Gasteiger partial charge >= 0.3 is 0 Å². The molecule has 0 saturated heterocycles. The van der Waals surface area contributed by atoms with Crippen LogP contribution in [0.5, 0.6) is 0 Å². The van der Waals surface area contributed by atoms with Crippen molar-refractivity contribution in [2.75, 3.05) is 4.90 Å². The van der Waals surface area contributed by atoms with Crippen LogP contribution in [0.4, 0.5) is 17.1 Å². The molecule has 0 atom stereocenters. The minimum absolute atomic E-state index is 0.0498. The number of pyridine rings is 1. The predicted molar refractivity (Wildman–Crippen MR) is 182 cm³/mol. The molecule has 0 N–H and O–H groups in total. The Morgan fingerprint density at radius 2 is 1.18 bits per heavy atom. The van der Waals surface area contributed by atoms with Crippen LogP contribution in [0.25, 0.3) is 43.8 Å². The summed E-state index contributed by atoms with van der Waals surface area (Å²) in [5.41, 5.74) is 11.1. The summed E-state index contributed by atoms with van der Waals surface area (Å²) in [5, 5.41) is 14.8. The largest absolute Gasteiger partial charge is 0.311 e. The van der Waals surface area contributed by atoms with Gasteiger partial charge < -0.3 is 4.90 Å². The van der Waals surface area contributed by atoms with Crippen molar-refractivity contribution in [3.63, 3.8) is 0 Å². The first kappa shape index (κ1) is 25.9. The molecule has 1 aliphatic rings. The van der Waals surface area contributed by atoms with Crippen molar-refractivity contribution in [1.82, 2.24) is 4.98 Å². The number of aromatic nitrogens is 1. The summed E-state index contributed by atoms with van der Waals surface area (Å²) in [4.78, 5) is 6.50. The third kappa shape index (κ3) is 4.07. The van der Waals surface area contributed by atoms with E-state index in [4.69, 9.17) is 0 Å². The van der Waals surface area contributed by atoms with Crippen LogP contribution in [0.3, 0.4) is 0 Å². The summed E-state index contributed by atoms with van der Waals surface area (Å²) >= 11 is 0. The summed E-state index contributed by atoms with van der Waals surface area (Å²) < 4.78 is 0. The van der Waals surface area contributed by atoms with E-state index in [2.05, 4.69) is 127 Å². The van der Waals surface area contributed by atoms with E-state index in [1.807, 2.05) is 36.5 Å². The zero-order chi connectivity index (χ0) is 29.8. The molecule has 1 aliphatic carbocycles. The van der Waals surface area contributed by atoms with E-state index in [1.165, 1.54) is 43.8 Å². The lowest BCUT2D eigenvalue weighted by molar-refractivity contribution is 0.663. The topological polar surface area (TPSA) is 39.9 Å². The maximum Gasteiger partial charge on any atom is 0.0991 e. The summed E-state index contributed by atoms with van der Waals surface area (Å²) in [5.74, 6) is 0. The Labute approximate surface area is 257 Å². The first-order valence-corrected chi connectivity index (χ1v) is 14.9. The van der Waals surface area contributed by atoms with Gasteiger partial charge in [-0.3, -0.25) is 4.98 Å². The van der Waals surface area contributed by atoms with E-state index < -0.39 is 0 Å². The van der Waals surface area contributed by atoms with Crippen molar-refractivity contribution in [2.24, 2.45) is 0 Å². The number of benzene rings is 6. The van der Waals surface area contributed by atoms with E-state index in [-0.39, 0.29) is 5.41 Å². The van der Waals surface area contributed by atoms with Crippen LogP contribution in [-0.4, -0.2) is 4.98 Å². The minimum Gasteiger partial charge on any atom is -0.311 e. The Bertz CT molecular complexity index is 2220. The first-order chi connectivity index (χ1) is 21.5. The number of hydrogen-bond acceptors (Lipinski definition) is 3. The van der Waals surface area contributed by atoms with E-state index in [9.17, 15) is 5.26 Å². The molecule has 8 rings (SSSR count). The van der Waals surface area contributed by atoms with E-state index in [0.717, 1.165) is 28.2 Å².